The molecule has 0 aliphatic carbocycles. The summed E-state index contributed by atoms with van der Waals surface area (Å²) in [6.07, 6.45) is 1.82. The fraction of sp³-hybridized carbons (Fsp3) is 0.115. The Labute approximate surface area is 210 Å². The molecule has 1 amide bonds. The molecule has 1 aliphatic rings. The van der Waals surface area contributed by atoms with Crippen molar-refractivity contribution in [1.29, 1.82) is 0 Å². The van der Waals surface area contributed by atoms with Gasteiger partial charge < -0.3 is 9.47 Å². The minimum atomic E-state index is -0.409. The van der Waals surface area contributed by atoms with Crippen molar-refractivity contribution in [3.63, 3.8) is 0 Å². The number of carbonyl (C=O) groups is 2. The van der Waals surface area contributed by atoms with Gasteiger partial charge in [0.1, 0.15) is 12.4 Å². The average molecular weight is 537 g/mol. The Morgan fingerprint density at radius 2 is 1.76 bits per heavy atom. The maximum absolute atomic E-state index is 12.9. The second-order valence-corrected chi connectivity index (χ2v) is 9.29. The molecule has 1 fully saturated rings. The number of likely N-dealkylation sites (N-methyl/N-ethyl adjacent to an activating group) is 1. The number of aliphatic imine (C=N–C) groups is 1. The van der Waals surface area contributed by atoms with E-state index in [4.69, 9.17) is 9.47 Å². The lowest BCUT2D eigenvalue weighted by atomic mass is 10.2. The van der Waals surface area contributed by atoms with Gasteiger partial charge in [-0.3, -0.25) is 9.69 Å². The van der Waals surface area contributed by atoms with Crippen molar-refractivity contribution in [1.82, 2.24) is 4.90 Å². The minimum absolute atomic E-state index is 0.141. The molecule has 0 unspecified atom stereocenters. The minimum Gasteiger partial charge on any atom is -0.488 e. The number of nitrogens with zero attached hydrogens (tertiary/aromatic N) is 2. The molecule has 0 spiro atoms. The topological polar surface area (TPSA) is 68.2 Å². The second kappa shape index (κ2) is 10.7. The van der Waals surface area contributed by atoms with Crippen LogP contribution < -0.4 is 4.74 Å². The molecule has 0 atom stereocenters. The molecule has 4 rings (SSSR count). The summed E-state index contributed by atoms with van der Waals surface area (Å²) >= 11 is 4.73. The van der Waals surface area contributed by atoms with Crippen LogP contribution in [0.15, 0.2) is 87.2 Å². The van der Waals surface area contributed by atoms with E-state index in [1.54, 1.807) is 31.3 Å². The van der Waals surface area contributed by atoms with Gasteiger partial charge in [-0.05, 0) is 65.9 Å². The van der Waals surface area contributed by atoms with E-state index in [1.807, 2.05) is 54.6 Å². The van der Waals surface area contributed by atoms with Gasteiger partial charge in [0.15, 0.2) is 5.17 Å². The number of hydrogen-bond donors (Lipinski definition) is 0. The van der Waals surface area contributed by atoms with E-state index in [-0.39, 0.29) is 5.91 Å². The van der Waals surface area contributed by atoms with E-state index in [0.717, 1.165) is 15.6 Å². The number of rotatable bonds is 6. The lowest BCUT2D eigenvalue weighted by Gasteiger charge is -2.10. The van der Waals surface area contributed by atoms with Crippen molar-refractivity contribution in [2.24, 2.45) is 4.99 Å². The molecule has 172 valence electrons. The first-order chi connectivity index (χ1) is 16.4. The zero-order valence-electron chi connectivity index (χ0n) is 18.5. The van der Waals surface area contributed by atoms with Crippen molar-refractivity contribution in [2.75, 3.05) is 14.2 Å². The summed E-state index contributed by atoms with van der Waals surface area (Å²) < 4.78 is 11.8. The third kappa shape index (κ3) is 5.58. The monoisotopic (exact) mass is 536 g/mol. The summed E-state index contributed by atoms with van der Waals surface area (Å²) in [5, 5.41) is 0.551. The third-order valence-electron chi connectivity index (χ3n) is 5.03. The van der Waals surface area contributed by atoms with Gasteiger partial charge in [0.2, 0.25) is 0 Å². The maximum atomic E-state index is 12.9. The zero-order valence-corrected chi connectivity index (χ0v) is 20.9. The van der Waals surface area contributed by atoms with Crippen molar-refractivity contribution < 1.29 is 19.1 Å². The fourth-order valence-corrected chi connectivity index (χ4v) is 4.41. The Bertz CT molecular complexity index is 1270. The number of ether oxygens (including phenoxy) is 2. The molecular weight excluding hydrogens is 516 g/mol. The molecule has 1 saturated heterocycles. The number of carbonyl (C=O) groups excluding carboxylic acids is 2. The molecule has 0 saturated carbocycles. The van der Waals surface area contributed by atoms with Crippen LogP contribution in [0.2, 0.25) is 0 Å². The fourth-order valence-electron chi connectivity index (χ4n) is 3.17. The van der Waals surface area contributed by atoms with Crippen LogP contribution in [0.4, 0.5) is 5.69 Å². The smallest absolute Gasteiger partial charge is 0.337 e. The number of methoxy groups -OCH3 is 1. The van der Waals surface area contributed by atoms with Gasteiger partial charge in [-0.2, -0.15) is 0 Å². The van der Waals surface area contributed by atoms with Crippen LogP contribution in [0.5, 0.6) is 5.75 Å². The average Bonchev–Trinajstić information content (AvgIpc) is 3.12. The third-order valence-corrected chi connectivity index (χ3v) is 6.62. The van der Waals surface area contributed by atoms with Crippen LogP contribution >= 0.6 is 27.7 Å². The highest BCUT2D eigenvalue weighted by molar-refractivity contribution is 9.10. The van der Waals surface area contributed by atoms with Crippen molar-refractivity contribution in [2.45, 2.75) is 6.61 Å². The molecule has 0 aromatic heterocycles. The Balaban J connectivity index is 1.52. The molecule has 0 radical (unpaired) electrons. The molecule has 0 N–H and O–H groups in total. The first-order valence-electron chi connectivity index (χ1n) is 10.4. The van der Waals surface area contributed by atoms with Gasteiger partial charge in [-0.1, -0.05) is 46.3 Å². The lowest BCUT2D eigenvalue weighted by Crippen LogP contribution is -2.23. The van der Waals surface area contributed by atoms with E-state index in [9.17, 15) is 9.59 Å². The summed E-state index contributed by atoms with van der Waals surface area (Å²) in [4.78, 5) is 31.1. The SMILES string of the molecule is COC(=O)c1ccc(N=C2SC(=Cc3ccccc3OCc3ccc(Br)cc3)C(=O)N2C)cc1. The number of para-hydroxylation sites is 1. The maximum Gasteiger partial charge on any atom is 0.337 e. The summed E-state index contributed by atoms with van der Waals surface area (Å²) in [5.74, 6) is 0.142. The van der Waals surface area contributed by atoms with Gasteiger partial charge in [-0.25, -0.2) is 9.79 Å². The molecular formula is C26H21BrN2O4S. The Hall–Kier alpha value is -3.36. The Kier molecular flexibility index (Phi) is 7.49. The normalized spacial score (nSPS) is 15.7. The van der Waals surface area contributed by atoms with E-state index in [2.05, 4.69) is 20.9 Å². The number of esters is 1. The summed E-state index contributed by atoms with van der Waals surface area (Å²) in [6, 6.07) is 22.3. The highest BCUT2D eigenvalue weighted by Crippen LogP contribution is 2.35. The van der Waals surface area contributed by atoms with Gasteiger partial charge >= 0.3 is 5.97 Å². The van der Waals surface area contributed by atoms with Crippen LogP contribution in [0.1, 0.15) is 21.5 Å². The number of halogens is 1. The number of thioether (sulfide) groups is 1. The highest BCUT2D eigenvalue weighted by Gasteiger charge is 2.30. The van der Waals surface area contributed by atoms with Crippen LogP contribution in [-0.2, 0) is 16.1 Å². The Morgan fingerprint density at radius 3 is 2.47 bits per heavy atom. The number of amides is 1. The van der Waals surface area contributed by atoms with Crippen LogP contribution in [0.25, 0.3) is 6.08 Å². The van der Waals surface area contributed by atoms with Crippen LogP contribution in [-0.4, -0.2) is 36.1 Å². The van der Waals surface area contributed by atoms with E-state index >= 15 is 0 Å². The van der Waals surface area contributed by atoms with E-state index in [1.165, 1.54) is 23.8 Å². The van der Waals surface area contributed by atoms with Gasteiger partial charge in [-0.15, -0.1) is 0 Å². The summed E-state index contributed by atoms with van der Waals surface area (Å²) in [7, 11) is 3.03. The second-order valence-electron chi connectivity index (χ2n) is 7.36. The first kappa shape index (κ1) is 23.8. The standard InChI is InChI=1S/C26H21BrN2O4S/c1-29-24(30)23(34-26(29)28-21-13-9-18(10-14-21)25(31)32-2)15-19-5-3-4-6-22(19)33-16-17-7-11-20(27)12-8-17/h3-15H,16H2,1-2H3. The van der Waals surface area contributed by atoms with Gasteiger partial charge in [0, 0.05) is 17.1 Å². The number of benzene rings is 3. The molecule has 34 heavy (non-hydrogen) atoms. The first-order valence-corrected chi connectivity index (χ1v) is 12.0. The van der Waals surface area contributed by atoms with Gasteiger partial charge in [0.05, 0.1) is 23.3 Å². The van der Waals surface area contributed by atoms with E-state index < -0.39 is 5.97 Å². The van der Waals surface area contributed by atoms with Crippen molar-refractivity contribution >= 4 is 56.5 Å². The van der Waals surface area contributed by atoms with Crippen molar-refractivity contribution in [3.8, 4) is 5.75 Å². The quantitative estimate of drug-likeness (QED) is 0.283. The Morgan fingerprint density at radius 1 is 1.06 bits per heavy atom. The molecule has 3 aromatic rings. The predicted octanol–water partition coefficient (Wildman–Crippen LogP) is 6.05. The molecule has 6 nitrogen and oxygen atoms in total. The van der Waals surface area contributed by atoms with E-state index in [0.29, 0.717) is 33.7 Å². The van der Waals surface area contributed by atoms with Crippen LogP contribution in [0.3, 0.4) is 0 Å². The summed E-state index contributed by atoms with van der Waals surface area (Å²) in [6.45, 7) is 0.419. The lowest BCUT2D eigenvalue weighted by molar-refractivity contribution is -0.121. The zero-order chi connectivity index (χ0) is 24.1. The number of amidine groups is 1. The van der Waals surface area contributed by atoms with Crippen molar-refractivity contribution in [3.05, 3.63) is 98.9 Å². The molecule has 1 heterocycles. The number of hydrogen-bond acceptors (Lipinski definition) is 6. The largest absolute Gasteiger partial charge is 0.488 e. The molecule has 8 heteroatoms. The molecule has 3 aromatic carbocycles. The molecule has 0 bridgehead atoms. The summed E-state index contributed by atoms with van der Waals surface area (Å²) in [5.41, 5.74) is 2.93. The highest BCUT2D eigenvalue weighted by atomic mass is 79.9. The molecule has 1 aliphatic heterocycles. The predicted molar refractivity (Wildman–Crippen MR) is 138 cm³/mol. The van der Waals surface area contributed by atoms with Gasteiger partial charge in [0.25, 0.3) is 5.91 Å². The van der Waals surface area contributed by atoms with Crippen LogP contribution in [0, 0.1) is 0 Å².